The summed E-state index contributed by atoms with van der Waals surface area (Å²) in [5, 5.41) is 3.29. The van der Waals surface area contributed by atoms with Gasteiger partial charge in [0.1, 0.15) is 0 Å². The lowest BCUT2D eigenvalue weighted by Crippen LogP contribution is -2.04. The zero-order chi connectivity index (χ0) is 39.1. The van der Waals surface area contributed by atoms with Crippen LogP contribution in [0.5, 0.6) is 0 Å². The molecule has 0 saturated heterocycles. The van der Waals surface area contributed by atoms with Gasteiger partial charge in [0.2, 0.25) is 0 Å². The maximum absolute atomic E-state index is 5.29. The molecule has 0 aliphatic heterocycles. The van der Waals surface area contributed by atoms with E-state index in [2.05, 4.69) is 120 Å². The molecule has 0 atom stereocenters. The fourth-order valence-electron chi connectivity index (χ4n) is 8.04. The van der Waals surface area contributed by atoms with E-state index in [4.69, 9.17) is 24.9 Å². The van der Waals surface area contributed by atoms with Gasteiger partial charge < -0.3 is 4.57 Å². The Labute approximate surface area is 340 Å². The van der Waals surface area contributed by atoms with Gasteiger partial charge in [-0.1, -0.05) is 176 Å². The quantitative estimate of drug-likeness (QED) is 0.162. The van der Waals surface area contributed by atoms with Crippen LogP contribution in [0.25, 0.3) is 106 Å². The average Bonchev–Trinajstić information content (AvgIpc) is 3.65. The molecule has 11 rings (SSSR count). The van der Waals surface area contributed by atoms with E-state index in [0.29, 0.717) is 23.3 Å². The van der Waals surface area contributed by atoms with Crippen molar-refractivity contribution in [1.82, 2.24) is 29.5 Å². The SMILES string of the molecule is c1ccc(-c2ccc3c4ccccc4n(-c4ccc(-c5nc(-c6ccccc6)nc6ccccc56)cc4-c4nc(-c5ccccc5)nc(-c5ccccc5)n4)c3c2)cc1. The third-order valence-corrected chi connectivity index (χ3v) is 10.9. The second kappa shape index (κ2) is 14.4. The van der Waals surface area contributed by atoms with Crippen LogP contribution in [0.2, 0.25) is 0 Å². The summed E-state index contributed by atoms with van der Waals surface area (Å²) in [5.41, 5.74) is 11.6. The lowest BCUT2D eigenvalue weighted by Gasteiger charge is -2.17. The van der Waals surface area contributed by atoms with Crippen LogP contribution in [-0.4, -0.2) is 29.5 Å². The molecular weight excluding hydrogens is 721 g/mol. The van der Waals surface area contributed by atoms with Crippen LogP contribution in [0.15, 0.2) is 206 Å². The number of hydrogen-bond donors (Lipinski definition) is 0. The number of aromatic nitrogens is 6. The molecule has 0 aliphatic carbocycles. The molecule has 0 fully saturated rings. The molecule has 59 heavy (non-hydrogen) atoms. The van der Waals surface area contributed by atoms with Crippen molar-refractivity contribution in [2.75, 3.05) is 0 Å². The smallest absolute Gasteiger partial charge is 0.166 e. The summed E-state index contributed by atoms with van der Waals surface area (Å²) in [5.74, 6) is 2.41. The number of rotatable bonds is 7. The zero-order valence-electron chi connectivity index (χ0n) is 31.8. The van der Waals surface area contributed by atoms with Crippen LogP contribution < -0.4 is 0 Å². The normalized spacial score (nSPS) is 11.4. The van der Waals surface area contributed by atoms with Gasteiger partial charge in [-0.05, 0) is 41.5 Å². The lowest BCUT2D eigenvalue weighted by molar-refractivity contribution is 1.06. The summed E-state index contributed by atoms with van der Waals surface area (Å²) in [6.45, 7) is 0. The minimum absolute atomic E-state index is 0.557. The molecule has 0 amide bonds. The van der Waals surface area contributed by atoms with Crippen LogP contribution in [-0.2, 0) is 0 Å². The third kappa shape index (κ3) is 6.20. The van der Waals surface area contributed by atoms with E-state index in [9.17, 15) is 0 Å². The monoisotopic (exact) mass is 754 g/mol. The van der Waals surface area contributed by atoms with Crippen LogP contribution in [0.3, 0.4) is 0 Å². The molecule has 276 valence electrons. The molecule has 0 unspecified atom stereocenters. The molecule has 0 bridgehead atoms. The van der Waals surface area contributed by atoms with Gasteiger partial charge in [-0.25, -0.2) is 24.9 Å². The predicted octanol–water partition coefficient (Wildman–Crippen LogP) is 12.9. The molecule has 8 aromatic carbocycles. The standard InChI is InChI=1S/C53H34N6/c1-5-17-35(18-6-1)39-29-31-42-41-25-14-16-28-46(41)59(48(42)34-39)47-32-30-40(49-43-26-13-15-27-45(43)54-50(55-49)36-19-7-2-8-20-36)33-44(47)53-57-51(37-21-9-3-10-22-37)56-52(58-53)38-23-11-4-12-24-38/h1-34H. The largest absolute Gasteiger partial charge is 0.308 e. The average molecular weight is 755 g/mol. The fraction of sp³-hybridized carbons (Fsp3) is 0. The Morgan fingerprint density at radius 3 is 1.42 bits per heavy atom. The lowest BCUT2D eigenvalue weighted by atomic mass is 10.0. The van der Waals surface area contributed by atoms with Gasteiger partial charge in [0.05, 0.1) is 27.9 Å². The van der Waals surface area contributed by atoms with E-state index in [1.807, 2.05) is 91.0 Å². The van der Waals surface area contributed by atoms with Gasteiger partial charge in [0, 0.05) is 44.0 Å². The van der Waals surface area contributed by atoms with Gasteiger partial charge in [-0.15, -0.1) is 0 Å². The summed E-state index contributed by atoms with van der Waals surface area (Å²) < 4.78 is 2.36. The topological polar surface area (TPSA) is 69.4 Å². The Morgan fingerprint density at radius 1 is 0.288 bits per heavy atom. The van der Waals surface area contributed by atoms with Crippen LogP contribution in [0, 0.1) is 0 Å². The van der Waals surface area contributed by atoms with E-state index in [1.165, 1.54) is 0 Å². The second-order valence-electron chi connectivity index (χ2n) is 14.5. The zero-order valence-corrected chi connectivity index (χ0v) is 31.8. The van der Waals surface area contributed by atoms with Gasteiger partial charge in [0.15, 0.2) is 23.3 Å². The highest BCUT2D eigenvalue weighted by Crippen LogP contribution is 2.40. The Hall–Kier alpha value is -8.09. The Balaban J connectivity index is 1.23. The predicted molar refractivity (Wildman–Crippen MR) is 240 cm³/mol. The maximum Gasteiger partial charge on any atom is 0.166 e. The first kappa shape index (κ1) is 34.2. The van der Waals surface area contributed by atoms with E-state index in [-0.39, 0.29) is 0 Å². The fourth-order valence-corrected chi connectivity index (χ4v) is 8.04. The van der Waals surface area contributed by atoms with Gasteiger partial charge in [0.25, 0.3) is 0 Å². The molecular formula is C53H34N6. The molecule has 0 radical (unpaired) electrons. The summed E-state index contributed by atoms with van der Waals surface area (Å²) in [7, 11) is 0. The first-order chi connectivity index (χ1) is 29.2. The van der Waals surface area contributed by atoms with Gasteiger partial charge in [-0.2, -0.15) is 0 Å². The highest BCUT2D eigenvalue weighted by Gasteiger charge is 2.22. The molecule has 0 saturated carbocycles. The molecule has 0 N–H and O–H groups in total. The van der Waals surface area contributed by atoms with Crippen molar-refractivity contribution in [3.8, 4) is 73.6 Å². The summed E-state index contributed by atoms with van der Waals surface area (Å²) in [4.78, 5) is 25.9. The van der Waals surface area contributed by atoms with Crippen molar-refractivity contribution in [2.24, 2.45) is 0 Å². The number of nitrogens with zero attached hydrogens (tertiary/aromatic N) is 6. The molecule has 0 aliphatic rings. The van der Waals surface area contributed by atoms with Gasteiger partial charge >= 0.3 is 0 Å². The van der Waals surface area contributed by atoms with Crippen molar-refractivity contribution < 1.29 is 0 Å². The molecule has 6 nitrogen and oxygen atoms in total. The summed E-state index contributed by atoms with van der Waals surface area (Å²) in [6.07, 6.45) is 0. The minimum Gasteiger partial charge on any atom is -0.308 e. The van der Waals surface area contributed by atoms with E-state index < -0.39 is 0 Å². The highest BCUT2D eigenvalue weighted by atomic mass is 15.1. The highest BCUT2D eigenvalue weighted by molar-refractivity contribution is 6.11. The minimum atomic E-state index is 0.557. The Morgan fingerprint density at radius 2 is 0.780 bits per heavy atom. The number of hydrogen-bond acceptors (Lipinski definition) is 5. The van der Waals surface area contributed by atoms with Crippen LogP contribution >= 0.6 is 0 Å². The van der Waals surface area contributed by atoms with Crippen molar-refractivity contribution >= 4 is 32.7 Å². The van der Waals surface area contributed by atoms with Crippen molar-refractivity contribution in [3.63, 3.8) is 0 Å². The van der Waals surface area contributed by atoms with Crippen molar-refractivity contribution in [3.05, 3.63) is 206 Å². The van der Waals surface area contributed by atoms with Gasteiger partial charge in [-0.3, -0.25) is 0 Å². The van der Waals surface area contributed by atoms with Crippen LogP contribution in [0.1, 0.15) is 0 Å². The molecule has 0 spiro atoms. The van der Waals surface area contributed by atoms with Crippen molar-refractivity contribution in [1.29, 1.82) is 0 Å². The third-order valence-electron chi connectivity index (χ3n) is 10.9. The summed E-state index contributed by atoms with van der Waals surface area (Å²) in [6, 6.07) is 71.1. The molecule has 11 aromatic rings. The van der Waals surface area contributed by atoms with E-state index in [0.717, 1.165) is 83.0 Å². The van der Waals surface area contributed by atoms with Crippen molar-refractivity contribution in [2.45, 2.75) is 0 Å². The maximum atomic E-state index is 5.29. The summed E-state index contributed by atoms with van der Waals surface area (Å²) >= 11 is 0. The number of benzene rings is 8. The first-order valence-electron chi connectivity index (χ1n) is 19.7. The number of para-hydroxylation sites is 2. The van der Waals surface area contributed by atoms with E-state index >= 15 is 0 Å². The second-order valence-corrected chi connectivity index (χ2v) is 14.5. The molecule has 3 aromatic heterocycles. The number of fused-ring (bicyclic) bond motifs is 4. The van der Waals surface area contributed by atoms with E-state index in [1.54, 1.807) is 0 Å². The Bertz CT molecular complexity index is 3250. The first-order valence-corrected chi connectivity index (χ1v) is 19.7. The Kier molecular flexibility index (Phi) is 8.37. The molecule has 6 heteroatoms. The van der Waals surface area contributed by atoms with Crippen LogP contribution in [0.4, 0.5) is 0 Å². The molecule has 3 heterocycles.